The predicted octanol–water partition coefficient (Wildman–Crippen LogP) is 2.29. The number of imidazole rings is 1. The molecule has 1 unspecified atom stereocenters. The first-order valence-electron chi connectivity index (χ1n) is 9.85. The van der Waals surface area contributed by atoms with Crippen LogP contribution in [0.4, 0.5) is 0 Å². The smallest absolute Gasteiger partial charge is 0.323 e. The van der Waals surface area contributed by atoms with Crippen LogP contribution in [-0.2, 0) is 16.9 Å². The first-order chi connectivity index (χ1) is 13.8. The van der Waals surface area contributed by atoms with Gasteiger partial charge in [0.1, 0.15) is 5.75 Å². The maximum absolute atomic E-state index is 13.0. The maximum Gasteiger partial charge on any atom is 0.323 e. The number of nitrogens with zero attached hydrogens (tertiary/aromatic N) is 3. The van der Waals surface area contributed by atoms with E-state index in [2.05, 4.69) is 19.9 Å². The molecule has 0 aliphatic carbocycles. The van der Waals surface area contributed by atoms with E-state index in [-0.39, 0.29) is 28.6 Å². The summed E-state index contributed by atoms with van der Waals surface area (Å²) < 4.78 is 69.2. The van der Waals surface area contributed by atoms with Gasteiger partial charge in [-0.25, -0.2) is 0 Å². The van der Waals surface area contributed by atoms with Crippen molar-refractivity contribution in [1.82, 2.24) is 19.9 Å². The second-order valence-corrected chi connectivity index (χ2v) is 6.02. The summed E-state index contributed by atoms with van der Waals surface area (Å²) in [5, 5.41) is -0.221. The van der Waals surface area contributed by atoms with Crippen molar-refractivity contribution < 1.29 is 22.3 Å². The SMILES string of the molecule is [2H]c1nc(C([2H])([2H])[S+]([O-])c2nc3nc(OC([2H])([2H])[2H])ccc3[nH]2)c(C)c(OC)c1C. The fraction of sp³-hybridized carbons (Fsp3) is 0.312. The number of aromatic amines is 1. The maximum atomic E-state index is 13.0. The average Bonchev–Trinajstić information content (AvgIpc) is 3.06. The van der Waals surface area contributed by atoms with E-state index < -0.39 is 23.9 Å². The Morgan fingerprint density at radius 1 is 1.38 bits per heavy atom. The number of hydrogen-bond acceptors (Lipinski definition) is 6. The zero-order chi connectivity index (χ0) is 22.4. The number of aromatic nitrogens is 4. The van der Waals surface area contributed by atoms with Crippen molar-refractivity contribution in [3.05, 3.63) is 35.1 Å². The number of H-pyrrole nitrogens is 1. The Morgan fingerprint density at radius 3 is 2.96 bits per heavy atom. The highest BCUT2D eigenvalue weighted by Gasteiger charge is 2.21. The Balaban J connectivity index is 2.02. The fourth-order valence-corrected chi connectivity index (χ4v) is 3.05. The van der Waals surface area contributed by atoms with Crippen LogP contribution in [0.1, 0.15) is 25.0 Å². The van der Waals surface area contributed by atoms with Crippen LogP contribution >= 0.6 is 0 Å². The van der Waals surface area contributed by atoms with E-state index in [0.717, 1.165) is 0 Å². The predicted molar refractivity (Wildman–Crippen MR) is 90.8 cm³/mol. The normalized spacial score (nSPS) is 17.2. The molecule has 0 aromatic carbocycles. The van der Waals surface area contributed by atoms with Gasteiger partial charge in [-0.2, -0.15) is 9.97 Å². The molecule has 0 aliphatic heterocycles. The number of ether oxygens (including phenoxy) is 2. The van der Waals surface area contributed by atoms with Crippen LogP contribution < -0.4 is 9.47 Å². The summed E-state index contributed by atoms with van der Waals surface area (Å²) in [5.41, 5.74) is -1.61. The Morgan fingerprint density at radius 2 is 2.21 bits per heavy atom. The van der Waals surface area contributed by atoms with Crippen molar-refractivity contribution in [2.45, 2.75) is 24.7 Å². The molecule has 24 heavy (non-hydrogen) atoms. The largest absolute Gasteiger partial charge is 0.609 e. The second-order valence-electron chi connectivity index (χ2n) is 4.89. The first kappa shape index (κ1) is 10.5. The number of nitrogens with one attached hydrogen (secondary N) is 1. The minimum atomic E-state index is -2.69. The number of hydrogen-bond donors (Lipinski definition) is 1. The molecule has 126 valence electrons. The molecule has 0 aliphatic rings. The van der Waals surface area contributed by atoms with Gasteiger partial charge in [-0.3, -0.25) is 9.97 Å². The molecule has 1 atom stereocenters. The molecule has 0 saturated heterocycles. The lowest BCUT2D eigenvalue weighted by Crippen LogP contribution is -2.10. The Kier molecular flexibility index (Phi) is 2.92. The van der Waals surface area contributed by atoms with Crippen LogP contribution in [0.15, 0.2) is 23.5 Å². The van der Waals surface area contributed by atoms with Gasteiger partial charge in [0.15, 0.2) is 11.4 Å². The highest BCUT2D eigenvalue weighted by atomic mass is 32.2. The van der Waals surface area contributed by atoms with E-state index in [0.29, 0.717) is 22.4 Å². The molecule has 3 heterocycles. The Hall–Kier alpha value is -2.32. The molecule has 8 heteroatoms. The monoisotopic (exact) mass is 352 g/mol. The van der Waals surface area contributed by atoms with E-state index in [1.54, 1.807) is 13.8 Å². The minimum absolute atomic E-state index is 0.0169. The number of rotatable bonds is 5. The summed E-state index contributed by atoms with van der Waals surface area (Å²) in [6.45, 7) is 3.20. The Labute approximate surface area is 151 Å². The number of methoxy groups -OCH3 is 2. The summed E-state index contributed by atoms with van der Waals surface area (Å²) in [6.07, 6.45) is -0.189. The third kappa shape index (κ3) is 3.02. The van der Waals surface area contributed by atoms with Crippen LogP contribution in [0.3, 0.4) is 0 Å². The quantitative estimate of drug-likeness (QED) is 0.708. The van der Waals surface area contributed by atoms with Crippen molar-refractivity contribution >= 4 is 22.3 Å². The van der Waals surface area contributed by atoms with Gasteiger partial charge in [-0.1, -0.05) is 0 Å². The summed E-state index contributed by atoms with van der Waals surface area (Å²) in [7, 11) is -1.29. The lowest BCUT2D eigenvalue weighted by Gasteiger charge is -2.13. The van der Waals surface area contributed by atoms with Gasteiger partial charge in [0.25, 0.3) is 0 Å². The summed E-state index contributed by atoms with van der Waals surface area (Å²) in [5.74, 6) is 0.0950. The van der Waals surface area contributed by atoms with Gasteiger partial charge >= 0.3 is 5.16 Å². The molecular weight excluding hydrogens is 328 g/mol. The van der Waals surface area contributed by atoms with Gasteiger partial charge in [0.05, 0.1) is 33.6 Å². The topological polar surface area (TPSA) is 96.0 Å². The van der Waals surface area contributed by atoms with E-state index in [4.69, 9.17) is 17.7 Å². The minimum Gasteiger partial charge on any atom is -0.609 e. The molecule has 0 spiro atoms. The van der Waals surface area contributed by atoms with Gasteiger partial charge in [0.2, 0.25) is 5.88 Å². The molecule has 3 aromatic heterocycles. The summed E-state index contributed by atoms with van der Waals surface area (Å²) in [4.78, 5) is 14.7. The van der Waals surface area contributed by atoms with Crippen LogP contribution in [0, 0.1) is 13.8 Å². The zero-order valence-corrected chi connectivity index (χ0v) is 13.9. The third-order valence-electron chi connectivity index (χ3n) is 3.34. The molecule has 0 bridgehead atoms. The second kappa shape index (κ2) is 6.66. The van der Waals surface area contributed by atoms with Crippen LogP contribution in [0.2, 0.25) is 0 Å². The number of fused-ring (bicyclic) bond motifs is 1. The van der Waals surface area contributed by atoms with Crippen LogP contribution in [0.25, 0.3) is 11.2 Å². The molecule has 7 nitrogen and oxygen atoms in total. The van der Waals surface area contributed by atoms with E-state index in [9.17, 15) is 4.55 Å². The summed E-state index contributed by atoms with van der Waals surface area (Å²) >= 11 is -2.37. The van der Waals surface area contributed by atoms with Crippen molar-refractivity contribution in [3.8, 4) is 11.6 Å². The first-order valence-corrected chi connectivity index (χ1v) is 8.00. The lowest BCUT2D eigenvalue weighted by molar-refractivity contribution is 0.399. The molecule has 0 radical (unpaired) electrons. The van der Waals surface area contributed by atoms with Crippen molar-refractivity contribution in [1.29, 1.82) is 0 Å². The van der Waals surface area contributed by atoms with Gasteiger partial charge in [-0.05, 0) is 19.9 Å². The standard InChI is InChI=1S/C16H18N4O3S/c1-9-7-17-12(10(2)14(9)23-4)8-24(21)16-18-11-5-6-13(22-3)19-15(11)20-16/h5-7H,8H2,1-4H3,(H,18,19,20)/i3D3,7D,8D2. The van der Waals surface area contributed by atoms with Crippen LogP contribution in [0.5, 0.6) is 11.6 Å². The van der Waals surface area contributed by atoms with E-state index in [1.807, 2.05) is 0 Å². The molecule has 0 saturated carbocycles. The molecule has 1 N–H and O–H groups in total. The number of pyridine rings is 2. The molecule has 0 fully saturated rings. The third-order valence-corrected chi connectivity index (χ3v) is 4.27. The van der Waals surface area contributed by atoms with Crippen molar-refractivity contribution in [3.63, 3.8) is 0 Å². The molecular formula is C16H18N4O3S. The van der Waals surface area contributed by atoms with E-state index >= 15 is 0 Å². The molecule has 0 amide bonds. The van der Waals surface area contributed by atoms with Gasteiger partial charge in [0, 0.05) is 34.5 Å². The lowest BCUT2D eigenvalue weighted by atomic mass is 10.1. The molecule has 3 aromatic rings. The van der Waals surface area contributed by atoms with E-state index in [1.165, 1.54) is 19.2 Å². The van der Waals surface area contributed by atoms with Crippen LogP contribution in [-0.4, -0.2) is 38.6 Å². The van der Waals surface area contributed by atoms with Crippen molar-refractivity contribution in [2.24, 2.45) is 0 Å². The van der Waals surface area contributed by atoms with Gasteiger partial charge in [-0.15, -0.1) is 0 Å². The molecule has 3 rings (SSSR count). The highest BCUT2D eigenvalue weighted by molar-refractivity contribution is 7.90. The van der Waals surface area contributed by atoms with Gasteiger partial charge < -0.3 is 14.0 Å². The average molecular weight is 352 g/mol. The zero-order valence-electron chi connectivity index (χ0n) is 19.1. The Bertz CT molecular complexity index is 1100. The summed E-state index contributed by atoms with van der Waals surface area (Å²) in [6, 6.07) is 2.74. The fourth-order valence-electron chi connectivity index (χ4n) is 2.20. The highest BCUT2D eigenvalue weighted by Crippen LogP contribution is 2.26. The van der Waals surface area contributed by atoms with Crippen molar-refractivity contribution in [2.75, 3.05) is 14.1 Å².